The molecule has 0 saturated carbocycles. The van der Waals surface area contributed by atoms with Crippen LogP contribution in [0.15, 0.2) is 36.7 Å². The number of nitrogens with zero attached hydrogens (tertiary/aromatic N) is 2. The first-order chi connectivity index (χ1) is 8.22. The average Bonchev–Trinajstić information content (AvgIpc) is 2.39. The Morgan fingerprint density at radius 2 is 2.00 bits per heavy atom. The Kier molecular flexibility index (Phi) is 3.30. The van der Waals surface area contributed by atoms with E-state index in [9.17, 15) is 4.39 Å². The van der Waals surface area contributed by atoms with E-state index in [-0.39, 0.29) is 5.75 Å². The lowest BCUT2D eigenvalue weighted by atomic mass is 10.1. The van der Waals surface area contributed by atoms with Crippen molar-refractivity contribution in [2.75, 3.05) is 7.11 Å². The molecule has 0 aliphatic carbocycles. The Morgan fingerprint density at radius 3 is 2.59 bits per heavy atom. The second-order valence-corrected chi connectivity index (χ2v) is 3.48. The lowest BCUT2D eigenvalue weighted by Crippen LogP contribution is -2.15. The second-order valence-electron chi connectivity index (χ2n) is 3.48. The largest absolute Gasteiger partial charge is 0.494 e. The minimum Gasteiger partial charge on any atom is -0.494 e. The van der Waals surface area contributed by atoms with Gasteiger partial charge in [-0.05, 0) is 23.8 Å². The molecule has 0 fully saturated rings. The molecular weight excluding hydrogens is 221 g/mol. The van der Waals surface area contributed by atoms with Crippen LogP contribution in [0.4, 0.5) is 4.39 Å². The van der Waals surface area contributed by atoms with E-state index < -0.39 is 11.9 Å². The summed E-state index contributed by atoms with van der Waals surface area (Å²) < 4.78 is 18.3. The number of ether oxygens (including phenoxy) is 1. The van der Waals surface area contributed by atoms with Crippen LogP contribution in [0.1, 0.15) is 17.4 Å². The van der Waals surface area contributed by atoms with Gasteiger partial charge in [-0.2, -0.15) is 0 Å². The van der Waals surface area contributed by atoms with Crippen molar-refractivity contribution in [3.05, 3.63) is 53.9 Å². The van der Waals surface area contributed by atoms with Crippen LogP contribution in [0.5, 0.6) is 5.75 Å². The smallest absolute Gasteiger partial charge is 0.165 e. The Hall–Kier alpha value is -2.01. The predicted octanol–water partition coefficient (Wildman–Crippen LogP) is 1.67. The van der Waals surface area contributed by atoms with Crippen molar-refractivity contribution < 1.29 is 9.13 Å². The molecule has 0 saturated heterocycles. The first-order valence-electron chi connectivity index (χ1n) is 5.08. The fraction of sp³-hybridized carbons (Fsp3) is 0.167. The van der Waals surface area contributed by atoms with Crippen LogP contribution < -0.4 is 10.5 Å². The highest BCUT2D eigenvalue weighted by Gasteiger charge is 2.13. The van der Waals surface area contributed by atoms with E-state index in [1.165, 1.54) is 19.2 Å². The maximum Gasteiger partial charge on any atom is 0.165 e. The molecule has 88 valence electrons. The molecule has 0 amide bonds. The van der Waals surface area contributed by atoms with Gasteiger partial charge in [-0.15, -0.1) is 0 Å². The Labute approximate surface area is 98.3 Å². The fourth-order valence-electron chi connectivity index (χ4n) is 1.50. The molecule has 1 aromatic carbocycles. The Morgan fingerprint density at radius 1 is 1.29 bits per heavy atom. The molecule has 2 rings (SSSR count). The summed E-state index contributed by atoms with van der Waals surface area (Å²) >= 11 is 0. The SMILES string of the molecule is COc1ccc(C(N)c2ncccn2)cc1F. The zero-order valence-corrected chi connectivity index (χ0v) is 9.30. The summed E-state index contributed by atoms with van der Waals surface area (Å²) in [4.78, 5) is 8.07. The molecule has 4 nitrogen and oxygen atoms in total. The standard InChI is InChI=1S/C12H12FN3O/c1-17-10-4-3-8(7-9(10)13)11(14)12-15-5-2-6-16-12/h2-7,11H,14H2,1H3. The summed E-state index contributed by atoms with van der Waals surface area (Å²) in [5, 5.41) is 0. The summed E-state index contributed by atoms with van der Waals surface area (Å²) in [6, 6.07) is 5.72. The molecule has 1 heterocycles. The third-order valence-electron chi connectivity index (χ3n) is 2.40. The quantitative estimate of drug-likeness (QED) is 0.876. The molecule has 2 aromatic rings. The van der Waals surface area contributed by atoms with Crippen molar-refractivity contribution in [3.63, 3.8) is 0 Å². The van der Waals surface area contributed by atoms with Crippen molar-refractivity contribution in [2.24, 2.45) is 5.73 Å². The number of nitrogens with two attached hydrogens (primary N) is 1. The molecule has 1 atom stereocenters. The van der Waals surface area contributed by atoms with Gasteiger partial charge in [0.1, 0.15) is 5.82 Å². The number of hydrogen-bond donors (Lipinski definition) is 1. The third kappa shape index (κ3) is 2.39. The summed E-state index contributed by atoms with van der Waals surface area (Å²) in [7, 11) is 1.42. The lowest BCUT2D eigenvalue weighted by molar-refractivity contribution is 0.386. The van der Waals surface area contributed by atoms with E-state index in [2.05, 4.69) is 9.97 Å². The molecule has 1 aromatic heterocycles. The van der Waals surface area contributed by atoms with Crippen LogP contribution in [-0.4, -0.2) is 17.1 Å². The first kappa shape index (κ1) is 11.5. The van der Waals surface area contributed by atoms with Gasteiger partial charge >= 0.3 is 0 Å². The monoisotopic (exact) mass is 233 g/mol. The highest BCUT2D eigenvalue weighted by atomic mass is 19.1. The average molecular weight is 233 g/mol. The van der Waals surface area contributed by atoms with Gasteiger partial charge in [-0.1, -0.05) is 6.07 Å². The van der Waals surface area contributed by atoms with E-state index in [1.807, 2.05) is 0 Å². The number of halogens is 1. The molecule has 0 aliphatic rings. The number of aromatic nitrogens is 2. The van der Waals surface area contributed by atoms with Gasteiger partial charge in [0.05, 0.1) is 13.2 Å². The summed E-state index contributed by atoms with van der Waals surface area (Å²) in [5.41, 5.74) is 6.55. The molecule has 0 bridgehead atoms. The third-order valence-corrected chi connectivity index (χ3v) is 2.40. The van der Waals surface area contributed by atoms with Gasteiger partial charge in [0, 0.05) is 12.4 Å². The minimum absolute atomic E-state index is 0.190. The van der Waals surface area contributed by atoms with Crippen molar-refractivity contribution in [1.29, 1.82) is 0 Å². The van der Waals surface area contributed by atoms with Crippen LogP contribution in [0.3, 0.4) is 0 Å². The highest BCUT2D eigenvalue weighted by molar-refractivity contribution is 5.33. The van der Waals surface area contributed by atoms with Crippen molar-refractivity contribution >= 4 is 0 Å². The second kappa shape index (κ2) is 4.88. The number of hydrogen-bond acceptors (Lipinski definition) is 4. The van der Waals surface area contributed by atoms with E-state index in [0.717, 1.165) is 0 Å². The summed E-state index contributed by atoms with van der Waals surface area (Å²) in [6.45, 7) is 0. The lowest BCUT2D eigenvalue weighted by Gasteiger charge is -2.11. The molecule has 2 N–H and O–H groups in total. The first-order valence-corrected chi connectivity index (χ1v) is 5.08. The number of benzene rings is 1. The molecule has 0 radical (unpaired) electrons. The van der Waals surface area contributed by atoms with E-state index in [1.54, 1.807) is 24.5 Å². The maximum absolute atomic E-state index is 13.5. The topological polar surface area (TPSA) is 61.0 Å². The molecule has 0 aliphatic heterocycles. The zero-order chi connectivity index (χ0) is 12.3. The van der Waals surface area contributed by atoms with Gasteiger partial charge in [-0.25, -0.2) is 14.4 Å². The normalized spacial score (nSPS) is 12.2. The molecule has 5 heteroatoms. The summed E-state index contributed by atoms with van der Waals surface area (Å²) in [6.07, 6.45) is 3.20. The Balaban J connectivity index is 2.32. The van der Waals surface area contributed by atoms with E-state index in [0.29, 0.717) is 11.4 Å². The van der Waals surface area contributed by atoms with Gasteiger partial charge in [-0.3, -0.25) is 0 Å². The molecule has 0 spiro atoms. The van der Waals surface area contributed by atoms with Gasteiger partial charge in [0.15, 0.2) is 11.6 Å². The van der Waals surface area contributed by atoms with Crippen molar-refractivity contribution in [1.82, 2.24) is 9.97 Å². The molecular formula is C12H12FN3O. The molecule has 1 unspecified atom stereocenters. The van der Waals surface area contributed by atoms with Gasteiger partial charge < -0.3 is 10.5 Å². The highest BCUT2D eigenvalue weighted by Crippen LogP contribution is 2.22. The summed E-state index contributed by atoms with van der Waals surface area (Å²) in [5.74, 6) is 0.198. The predicted molar refractivity (Wildman–Crippen MR) is 61.0 cm³/mol. The van der Waals surface area contributed by atoms with Crippen LogP contribution in [0.25, 0.3) is 0 Å². The van der Waals surface area contributed by atoms with E-state index in [4.69, 9.17) is 10.5 Å². The van der Waals surface area contributed by atoms with Crippen molar-refractivity contribution in [2.45, 2.75) is 6.04 Å². The zero-order valence-electron chi connectivity index (χ0n) is 9.30. The minimum atomic E-state index is -0.545. The van der Waals surface area contributed by atoms with Crippen molar-refractivity contribution in [3.8, 4) is 5.75 Å². The van der Waals surface area contributed by atoms with Crippen LogP contribution >= 0.6 is 0 Å². The van der Waals surface area contributed by atoms with Crippen LogP contribution in [0, 0.1) is 5.82 Å². The Bertz CT molecular complexity index is 504. The fourth-order valence-corrected chi connectivity index (χ4v) is 1.50. The maximum atomic E-state index is 13.5. The van der Waals surface area contributed by atoms with Gasteiger partial charge in [0.25, 0.3) is 0 Å². The van der Waals surface area contributed by atoms with E-state index >= 15 is 0 Å². The molecule has 17 heavy (non-hydrogen) atoms. The number of rotatable bonds is 3. The van der Waals surface area contributed by atoms with Gasteiger partial charge in [0.2, 0.25) is 0 Å². The number of methoxy groups -OCH3 is 1. The van der Waals surface area contributed by atoms with Crippen LogP contribution in [0.2, 0.25) is 0 Å². The van der Waals surface area contributed by atoms with Crippen LogP contribution in [-0.2, 0) is 0 Å².